The van der Waals surface area contributed by atoms with Crippen molar-refractivity contribution >= 4 is 29.1 Å². The van der Waals surface area contributed by atoms with Gasteiger partial charge in [-0.25, -0.2) is 4.79 Å². The molecule has 0 unspecified atom stereocenters. The van der Waals surface area contributed by atoms with Gasteiger partial charge >= 0.3 is 5.97 Å². The van der Waals surface area contributed by atoms with E-state index < -0.39 is 0 Å². The molecule has 19 heavy (non-hydrogen) atoms. The van der Waals surface area contributed by atoms with Crippen LogP contribution < -0.4 is 5.32 Å². The maximum absolute atomic E-state index is 11.5. The first kappa shape index (κ1) is 13.3. The normalized spacial score (nSPS) is 10.0. The van der Waals surface area contributed by atoms with E-state index in [0.717, 1.165) is 5.69 Å². The number of hydrogen-bond donors (Lipinski definition) is 1. The summed E-state index contributed by atoms with van der Waals surface area (Å²) in [6, 6.07) is 10.3. The Morgan fingerprint density at radius 1 is 1.21 bits per heavy atom. The Hall–Kier alpha value is -2.14. The number of rotatable bonds is 4. The predicted octanol–water partition coefficient (Wildman–Crippen LogP) is 3.05. The fraction of sp³-hybridized carbons (Fsp3) is 0.154. The minimum atomic E-state index is -0.333. The molecular weight excluding hydrogens is 266 g/mol. The molecule has 1 heterocycles. The molecule has 0 radical (unpaired) electrons. The number of halogens is 1. The topological polar surface area (TPSA) is 64.1 Å². The van der Waals surface area contributed by atoms with E-state index in [2.05, 4.69) is 15.5 Å². The van der Waals surface area contributed by atoms with Gasteiger partial charge in [-0.3, -0.25) is 0 Å². The second-order valence-corrected chi connectivity index (χ2v) is 4.05. The molecule has 1 aromatic heterocycles. The summed E-state index contributed by atoms with van der Waals surface area (Å²) in [4.78, 5) is 11.5. The van der Waals surface area contributed by atoms with Crippen LogP contribution in [-0.4, -0.2) is 22.8 Å². The van der Waals surface area contributed by atoms with Gasteiger partial charge in [0.05, 0.1) is 12.2 Å². The smallest absolute Gasteiger partial charge is 0.338 e. The van der Waals surface area contributed by atoms with Crippen LogP contribution in [0.4, 0.5) is 11.5 Å². The molecule has 0 saturated heterocycles. The van der Waals surface area contributed by atoms with Crippen molar-refractivity contribution in [2.75, 3.05) is 11.9 Å². The van der Waals surface area contributed by atoms with Gasteiger partial charge in [-0.15, -0.1) is 10.2 Å². The fourth-order valence-corrected chi connectivity index (χ4v) is 1.54. The number of nitrogens with one attached hydrogen (secondary N) is 1. The zero-order chi connectivity index (χ0) is 13.7. The SMILES string of the molecule is CCOC(=O)c1ccc(Nc2ccc(Cl)nn2)cc1. The van der Waals surface area contributed by atoms with Gasteiger partial charge < -0.3 is 10.1 Å². The van der Waals surface area contributed by atoms with E-state index in [0.29, 0.717) is 23.1 Å². The Morgan fingerprint density at radius 3 is 2.53 bits per heavy atom. The van der Waals surface area contributed by atoms with E-state index >= 15 is 0 Å². The number of esters is 1. The van der Waals surface area contributed by atoms with Gasteiger partial charge in [-0.2, -0.15) is 0 Å². The summed E-state index contributed by atoms with van der Waals surface area (Å²) in [7, 11) is 0. The number of aromatic nitrogens is 2. The molecule has 0 aliphatic heterocycles. The third-order valence-corrected chi connectivity index (χ3v) is 2.50. The Kier molecular flexibility index (Phi) is 4.30. The highest BCUT2D eigenvalue weighted by Gasteiger charge is 2.05. The Morgan fingerprint density at radius 2 is 1.95 bits per heavy atom. The number of benzene rings is 1. The van der Waals surface area contributed by atoms with Gasteiger partial charge in [0.25, 0.3) is 0 Å². The third kappa shape index (κ3) is 3.66. The third-order valence-electron chi connectivity index (χ3n) is 2.30. The van der Waals surface area contributed by atoms with Crippen molar-refractivity contribution in [1.82, 2.24) is 10.2 Å². The zero-order valence-electron chi connectivity index (χ0n) is 10.3. The van der Waals surface area contributed by atoms with Gasteiger partial charge in [-0.1, -0.05) is 11.6 Å². The molecule has 1 N–H and O–H groups in total. The van der Waals surface area contributed by atoms with Crippen LogP contribution >= 0.6 is 11.6 Å². The largest absolute Gasteiger partial charge is 0.462 e. The predicted molar refractivity (Wildman–Crippen MR) is 72.7 cm³/mol. The van der Waals surface area contributed by atoms with Gasteiger partial charge in [0, 0.05) is 5.69 Å². The highest BCUT2D eigenvalue weighted by atomic mass is 35.5. The number of ether oxygens (including phenoxy) is 1. The molecule has 0 aliphatic carbocycles. The van der Waals surface area contributed by atoms with E-state index in [4.69, 9.17) is 16.3 Å². The number of carbonyl (C=O) groups excluding carboxylic acids is 1. The number of nitrogens with zero attached hydrogens (tertiary/aromatic N) is 2. The van der Waals surface area contributed by atoms with Crippen molar-refractivity contribution in [1.29, 1.82) is 0 Å². The van der Waals surface area contributed by atoms with Crippen LogP contribution in [0, 0.1) is 0 Å². The monoisotopic (exact) mass is 277 g/mol. The van der Waals surface area contributed by atoms with Crippen LogP contribution in [0.1, 0.15) is 17.3 Å². The van der Waals surface area contributed by atoms with Crippen molar-refractivity contribution in [2.24, 2.45) is 0 Å². The van der Waals surface area contributed by atoms with E-state index in [1.807, 2.05) is 0 Å². The molecule has 0 aliphatic rings. The van der Waals surface area contributed by atoms with Crippen molar-refractivity contribution in [3.05, 3.63) is 47.1 Å². The molecule has 0 amide bonds. The van der Waals surface area contributed by atoms with E-state index in [1.54, 1.807) is 43.3 Å². The van der Waals surface area contributed by atoms with Gasteiger partial charge in [0.1, 0.15) is 0 Å². The Balaban J connectivity index is 2.06. The van der Waals surface area contributed by atoms with Crippen LogP contribution in [0.3, 0.4) is 0 Å². The zero-order valence-corrected chi connectivity index (χ0v) is 11.0. The van der Waals surface area contributed by atoms with Crippen molar-refractivity contribution in [3.63, 3.8) is 0 Å². The van der Waals surface area contributed by atoms with E-state index in [1.165, 1.54) is 0 Å². The lowest BCUT2D eigenvalue weighted by molar-refractivity contribution is 0.0526. The molecular formula is C13H12ClN3O2. The maximum Gasteiger partial charge on any atom is 0.338 e. The van der Waals surface area contributed by atoms with Crippen LogP contribution in [-0.2, 0) is 4.74 Å². The summed E-state index contributed by atoms with van der Waals surface area (Å²) in [5.41, 5.74) is 1.30. The highest BCUT2D eigenvalue weighted by Crippen LogP contribution is 2.16. The summed E-state index contributed by atoms with van der Waals surface area (Å²) < 4.78 is 4.90. The van der Waals surface area contributed by atoms with E-state index in [9.17, 15) is 4.79 Å². The average Bonchev–Trinajstić information content (AvgIpc) is 2.42. The van der Waals surface area contributed by atoms with Crippen molar-refractivity contribution in [3.8, 4) is 0 Å². The molecule has 2 rings (SSSR count). The Labute approximate surface area is 115 Å². The highest BCUT2D eigenvalue weighted by molar-refractivity contribution is 6.29. The second kappa shape index (κ2) is 6.15. The van der Waals surface area contributed by atoms with Crippen LogP contribution in [0.5, 0.6) is 0 Å². The molecule has 0 bridgehead atoms. The molecule has 0 saturated carbocycles. The Bertz CT molecular complexity index is 555. The standard InChI is InChI=1S/C13H12ClN3O2/c1-2-19-13(18)9-3-5-10(6-4-9)15-12-8-7-11(14)16-17-12/h3-8H,2H2,1H3,(H,15,17). The van der Waals surface area contributed by atoms with Crippen molar-refractivity contribution < 1.29 is 9.53 Å². The molecule has 6 heteroatoms. The molecule has 0 atom stereocenters. The fourth-order valence-electron chi connectivity index (χ4n) is 1.43. The number of hydrogen-bond acceptors (Lipinski definition) is 5. The molecule has 0 spiro atoms. The first-order chi connectivity index (χ1) is 9.19. The summed E-state index contributed by atoms with van der Waals surface area (Å²) >= 11 is 5.65. The van der Waals surface area contributed by atoms with Crippen LogP contribution in [0.2, 0.25) is 5.15 Å². The summed E-state index contributed by atoms with van der Waals surface area (Å²) in [5.74, 6) is 0.244. The summed E-state index contributed by atoms with van der Waals surface area (Å²) in [6.45, 7) is 2.13. The molecule has 98 valence electrons. The van der Waals surface area contributed by atoms with Crippen molar-refractivity contribution in [2.45, 2.75) is 6.92 Å². The first-order valence-electron chi connectivity index (χ1n) is 5.72. The van der Waals surface area contributed by atoms with Gasteiger partial charge in [0.15, 0.2) is 11.0 Å². The minimum absolute atomic E-state index is 0.333. The summed E-state index contributed by atoms with van der Waals surface area (Å²) in [5, 5.41) is 11.0. The summed E-state index contributed by atoms with van der Waals surface area (Å²) in [6.07, 6.45) is 0. The minimum Gasteiger partial charge on any atom is -0.462 e. The molecule has 0 fully saturated rings. The molecule has 2 aromatic rings. The quantitative estimate of drug-likeness (QED) is 0.870. The molecule has 5 nitrogen and oxygen atoms in total. The number of anilines is 2. The van der Waals surface area contributed by atoms with Gasteiger partial charge in [0.2, 0.25) is 0 Å². The van der Waals surface area contributed by atoms with Crippen LogP contribution in [0.25, 0.3) is 0 Å². The van der Waals surface area contributed by atoms with E-state index in [-0.39, 0.29) is 5.97 Å². The van der Waals surface area contributed by atoms with Crippen LogP contribution in [0.15, 0.2) is 36.4 Å². The average molecular weight is 278 g/mol. The first-order valence-corrected chi connectivity index (χ1v) is 6.10. The maximum atomic E-state index is 11.5. The lowest BCUT2D eigenvalue weighted by atomic mass is 10.2. The second-order valence-electron chi connectivity index (χ2n) is 3.66. The lowest BCUT2D eigenvalue weighted by Crippen LogP contribution is -2.04. The van der Waals surface area contributed by atoms with Gasteiger partial charge in [-0.05, 0) is 43.3 Å². The lowest BCUT2D eigenvalue weighted by Gasteiger charge is -2.06. The molecule has 1 aromatic carbocycles. The number of carbonyl (C=O) groups is 1.